The Kier molecular flexibility index (Phi) is 7.81. The van der Waals surface area contributed by atoms with Gasteiger partial charge in [-0.2, -0.15) is 0 Å². The molecule has 2 aromatic carbocycles. The number of nitrogens with zero attached hydrogens (tertiary/aromatic N) is 7. The minimum absolute atomic E-state index is 0.0278. The molecule has 0 radical (unpaired) electrons. The Morgan fingerprint density at radius 3 is 2.58 bits per heavy atom. The highest BCUT2D eigenvalue weighted by molar-refractivity contribution is 7.98. The molecule has 0 aliphatic carbocycles. The van der Waals surface area contributed by atoms with Crippen LogP contribution in [-0.4, -0.2) is 61.7 Å². The Bertz CT molecular complexity index is 1610. The topological polar surface area (TPSA) is 80.0 Å². The van der Waals surface area contributed by atoms with Gasteiger partial charge in [0.1, 0.15) is 10.7 Å². The third-order valence-electron chi connectivity index (χ3n) is 6.68. The quantitative estimate of drug-likeness (QED) is 0.216. The van der Waals surface area contributed by atoms with Gasteiger partial charge >= 0.3 is 0 Å². The minimum Gasteiger partial charge on any atom is -0.368 e. The molecular formula is C29H26ClN7OS2. The lowest BCUT2D eigenvalue weighted by molar-refractivity contribution is 0.0741. The maximum Gasteiger partial charge on any atom is 0.273 e. The van der Waals surface area contributed by atoms with E-state index in [2.05, 4.69) is 56.3 Å². The number of hydrogen-bond donors (Lipinski definition) is 0. The summed E-state index contributed by atoms with van der Waals surface area (Å²) in [5.74, 6) is 1.28. The van der Waals surface area contributed by atoms with Gasteiger partial charge in [0, 0.05) is 65.9 Å². The second-order valence-corrected chi connectivity index (χ2v) is 11.7. The van der Waals surface area contributed by atoms with Crippen LogP contribution < -0.4 is 4.90 Å². The molecule has 1 aliphatic heterocycles. The number of piperazine rings is 1. The average molecular weight is 588 g/mol. The van der Waals surface area contributed by atoms with E-state index >= 15 is 0 Å². The van der Waals surface area contributed by atoms with E-state index in [1.165, 1.54) is 16.9 Å². The number of carbonyl (C=O) groups excluding carboxylic acids is 1. The lowest BCUT2D eigenvalue weighted by atomic mass is 10.2. The van der Waals surface area contributed by atoms with Crippen LogP contribution in [0.4, 0.5) is 5.69 Å². The summed E-state index contributed by atoms with van der Waals surface area (Å²) < 4.78 is 2.04. The monoisotopic (exact) mass is 587 g/mol. The number of anilines is 1. The van der Waals surface area contributed by atoms with Crippen molar-refractivity contribution in [2.75, 3.05) is 31.1 Å². The molecule has 0 spiro atoms. The van der Waals surface area contributed by atoms with Gasteiger partial charge in [-0.1, -0.05) is 47.1 Å². The molecule has 6 rings (SSSR count). The molecule has 40 heavy (non-hydrogen) atoms. The molecular weight excluding hydrogens is 562 g/mol. The number of amides is 1. The molecule has 0 bridgehead atoms. The molecule has 202 valence electrons. The van der Waals surface area contributed by atoms with Gasteiger partial charge in [-0.05, 0) is 49.4 Å². The SMILES string of the molecule is Cc1ccc(-n2c(SCc3nc(C(=O)N4CCN(c5cccc(Cl)c5)CC4)cs3)nnc2-c2cccnc2)cc1. The Balaban J connectivity index is 1.14. The van der Waals surface area contributed by atoms with Gasteiger partial charge in [-0.3, -0.25) is 14.3 Å². The number of thiazole rings is 1. The third kappa shape index (κ3) is 5.74. The number of halogens is 1. The molecule has 8 nitrogen and oxygen atoms in total. The fraction of sp³-hybridized carbons (Fsp3) is 0.207. The molecule has 1 amide bonds. The van der Waals surface area contributed by atoms with Crippen molar-refractivity contribution in [2.45, 2.75) is 17.8 Å². The average Bonchev–Trinajstić information content (AvgIpc) is 3.64. The van der Waals surface area contributed by atoms with Gasteiger partial charge in [0.15, 0.2) is 11.0 Å². The Labute approximate surface area is 245 Å². The zero-order chi connectivity index (χ0) is 27.5. The number of benzene rings is 2. The van der Waals surface area contributed by atoms with Crippen LogP contribution in [0.1, 0.15) is 21.1 Å². The van der Waals surface area contributed by atoms with E-state index in [0.29, 0.717) is 29.6 Å². The van der Waals surface area contributed by atoms with Gasteiger partial charge in [-0.15, -0.1) is 21.5 Å². The summed E-state index contributed by atoms with van der Waals surface area (Å²) in [4.78, 5) is 26.3. The van der Waals surface area contributed by atoms with Crippen LogP contribution in [0.15, 0.2) is 83.6 Å². The maximum absolute atomic E-state index is 13.2. The van der Waals surface area contributed by atoms with E-state index in [1.807, 2.05) is 51.2 Å². The number of aryl methyl sites for hydroxylation is 1. The number of aromatic nitrogens is 5. The van der Waals surface area contributed by atoms with Crippen molar-refractivity contribution < 1.29 is 4.79 Å². The minimum atomic E-state index is -0.0278. The fourth-order valence-corrected chi connectivity index (χ4v) is 6.50. The van der Waals surface area contributed by atoms with E-state index < -0.39 is 0 Å². The number of hydrogen-bond acceptors (Lipinski definition) is 8. The van der Waals surface area contributed by atoms with Crippen molar-refractivity contribution in [3.63, 3.8) is 0 Å². The van der Waals surface area contributed by atoms with Crippen LogP contribution in [0.25, 0.3) is 17.1 Å². The van der Waals surface area contributed by atoms with Crippen molar-refractivity contribution in [1.29, 1.82) is 0 Å². The highest BCUT2D eigenvalue weighted by Gasteiger charge is 2.24. The van der Waals surface area contributed by atoms with Gasteiger partial charge in [-0.25, -0.2) is 4.98 Å². The first-order valence-corrected chi connectivity index (χ1v) is 15.1. The van der Waals surface area contributed by atoms with E-state index in [9.17, 15) is 4.79 Å². The third-order valence-corrected chi connectivity index (χ3v) is 8.89. The fourth-order valence-electron chi connectivity index (χ4n) is 4.58. The highest BCUT2D eigenvalue weighted by Crippen LogP contribution is 2.30. The van der Waals surface area contributed by atoms with Crippen molar-refractivity contribution in [1.82, 2.24) is 29.6 Å². The Hall–Kier alpha value is -3.73. The first-order valence-electron chi connectivity index (χ1n) is 12.8. The second-order valence-electron chi connectivity index (χ2n) is 9.39. The predicted molar refractivity (Wildman–Crippen MR) is 161 cm³/mol. The molecule has 0 atom stereocenters. The summed E-state index contributed by atoms with van der Waals surface area (Å²) in [6.45, 7) is 4.86. The molecule has 1 saturated heterocycles. The molecule has 1 fully saturated rings. The zero-order valence-corrected chi connectivity index (χ0v) is 24.2. The first kappa shape index (κ1) is 26.5. The van der Waals surface area contributed by atoms with Gasteiger partial charge < -0.3 is 9.80 Å². The van der Waals surface area contributed by atoms with Crippen LogP contribution in [0, 0.1) is 6.92 Å². The molecule has 0 N–H and O–H groups in total. The molecule has 1 aliphatic rings. The van der Waals surface area contributed by atoms with Crippen molar-refractivity contribution in [3.8, 4) is 17.1 Å². The van der Waals surface area contributed by atoms with Gasteiger partial charge in [0.25, 0.3) is 5.91 Å². The van der Waals surface area contributed by atoms with E-state index in [0.717, 1.165) is 46.0 Å². The van der Waals surface area contributed by atoms with Gasteiger partial charge in [0.05, 0.1) is 5.75 Å². The second kappa shape index (κ2) is 11.8. The molecule has 3 aromatic heterocycles. The highest BCUT2D eigenvalue weighted by atomic mass is 35.5. The van der Waals surface area contributed by atoms with Crippen LogP contribution in [-0.2, 0) is 5.75 Å². The lowest BCUT2D eigenvalue weighted by Crippen LogP contribution is -2.48. The maximum atomic E-state index is 13.2. The predicted octanol–water partition coefficient (Wildman–Crippen LogP) is 6.00. The van der Waals surface area contributed by atoms with Crippen LogP contribution in [0.3, 0.4) is 0 Å². The Morgan fingerprint density at radius 1 is 1.00 bits per heavy atom. The number of thioether (sulfide) groups is 1. The van der Waals surface area contributed by atoms with Crippen molar-refractivity contribution in [2.24, 2.45) is 0 Å². The summed E-state index contributed by atoms with van der Waals surface area (Å²) in [6.07, 6.45) is 3.53. The first-order chi connectivity index (χ1) is 19.5. The summed E-state index contributed by atoms with van der Waals surface area (Å²) >= 11 is 9.20. The summed E-state index contributed by atoms with van der Waals surface area (Å²) in [5, 5.41) is 13.2. The molecule has 11 heteroatoms. The lowest BCUT2D eigenvalue weighted by Gasteiger charge is -2.35. The van der Waals surface area contributed by atoms with Crippen molar-refractivity contribution in [3.05, 3.63) is 99.7 Å². The number of pyridine rings is 1. The standard InChI is InChI=1S/C29H26ClN7OS2/c1-20-7-9-23(10-8-20)37-27(21-4-3-11-31-17-21)33-34-29(37)40-19-26-32-25(18-39-26)28(38)36-14-12-35(13-15-36)24-6-2-5-22(30)16-24/h2-11,16-18H,12-15,19H2,1H3. The van der Waals surface area contributed by atoms with Gasteiger partial charge in [0.2, 0.25) is 0 Å². The summed E-state index contributed by atoms with van der Waals surface area (Å²) in [5.41, 5.74) is 4.62. The van der Waals surface area contributed by atoms with E-state index in [-0.39, 0.29) is 5.91 Å². The summed E-state index contributed by atoms with van der Waals surface area (Å²) in [7, 11) is 0. The Morgan fingerprint density at radius 2 is 1.82 bits per heavy atom. The van der Waals surface area contributed by atoms with Crippen LogP contribution in [0.2, 0.25) is 5.02 Å². The molecule has 0 unspecified atom stereocenters. The summed E-state index contributed by atoms with van der Waals surface area (Å²) in [6, 6.07) is 20.0. The molecule has 0 saturated carbocycles. The van der Waals surface area contributed by atoms with E-state index in [1.54, 1.807) is 24.2 Å². The van der Waals surface area contributed by atoms with Crippen LogP contribution in [0.5, 0.6) is 0 Å². The molecule has 4 heterocycles. The normalized spacial score (nSPS) is 13.6. The number of rotatable bonds is 7. The van der Waals surface area contributed by atoms with Crippen LogP contribution >= 0.6 is 34.7 Å². The molecule has 5 aromatic rings. The van der Waals surface area contributed by atoms with Crippen molar-refractivity contribution >= 4 is 46.3 Å². The smallest absolute Gasteiger partial charge is 0.273 e. The number of carbonyl (C=O) groups is 1. The largest absolute Gasteiger partial charge is 0.368 e. The van der Waals surface area contributed by atoms with E-state index in [4.69, 9.17) is 11.6 Å². The zero-order valence-electron chi connectivity index (χ0n) is 21.8.